The lowest BCUT2D eigenvalue weighted by molar-refractivity contribution is 0.0951. The van der Waals surface area contributed by atoms with Crippen LogP contribution in [0.2, 0.25) is 0 Å². The van der Waals surface area contributed by atoms with Crippen LogP contribution in [0.25, 0.3) is 22.6 Å². The van der Waals surface area contributed by atoms with Crippen LogP contribution in [0.4, 0.5) is 0 Å². The van der Waals surface area contributed by atoms with E-state index in [1.807, 2.05) is 66.9 Å². The number of fused-ring (bicyclic) bond motifs is 1. The topological polar surface area (TPSA) is 99.2 Å². The predicted molar refractivity (Wildman–Crippen MR) is 134 cm³/mol. The Morgan fingerprint density at radius 3 is 2.63 bits per heavy atom. The summed E-state index contributed by atoms with van der Waals surface area (Å²) in [7, 11) is 0. The third-order valence-electron chi connectivity index (χ3n) is 5.41. The summed E-state index contributed by atoms with van der Waals surface area (Å²) in [5.74, 6) is 0.498. The molecule has 35 heavy (non-hydrogen) atoms. The lowest BCUT2D eigenvalue weighted by Crippen LogP contribution is -2.23. The van der Waals surface area contributed by atoms with Crippen LogP contribution in [0.3, 0.4) is 0 Å². The van der Waals surface area contributed by atoms with Crippen molar-refractivity contribution in [3.63, 3.8) is 0 Å². The fraction of sp³-hybridized carbons (Fsp3) is 0.160. The van der Waals surface area contributed by atoms with E-state index in [2.05, 4.69) is 20.4 Å². The molecule has 0 unspecified atom stereocenters. The molecule has 0 aliphatic rings. The van der Waals surface area contributed by atoms with E-state index in [9.17, 15) is 4.79 Å². The van der Waals surface area contributed by atoms with Gasteiger partial charge in [0.1, 0.15) is 25.0 Å². The molecule has 10 heteroatoms. The Morgan fingerprint density at radius 1 is 1.11 bits per heavy atom. The molecule has 1 N–H and O–H groups in total. The molecular weight excluding hydrogens is 466 g/mol. The number of amides is 1. The molecule has 1 amide bonds. The standard InChI is InChI=1S/C25H23N7O2.ClH/c1-3-27-25(33)21-11-8-19(13-28-21)23-17(2)30-24-22(5-4-12-31(23)24)34-14-18-6-9-20(10-7-18)32-16-26-15-29-32;/h4-13,15-16H,3,14H2,1-2H3,(H,27,33);1H. The van der Waals surface area contributed by atoms with Crippen molar-refractivity contribution in [2.45, 2.75) is 20.5 Å². The minimum atomic E-state index is -0.186. The van der Waals surface area contributed by atoms with Crippen molar-refractivity contribution in [3.05, 3.63) is 90.5 Å². The summed E-state index contributed by atoms with van der Waals surface area (Å²) in [5.41, 5.74) is 5.70. The number of halogens is 1. The van der Waals surface area contributed by atoms with Gasteiger partial charge < -0.3 is 10.1 Å². The van der Waals surface area contributed by atoms with Crippen LogP contribution in [0, 0.1) is 6.92 Å². The van der Waals surface area contributed by atoms with Crippen molar-refractivity contribution >= 4 is 24.0 Å². The normalized spacial score (nSPS) is 10.7. The smallest absolute Gasteiger partial charge is 0.269 e. The van der Waals surface area contributed by atoms with E-state index in [1.54, 1.807) is 23.3 Å². The summed E-state index contributed by atoms with van der Waals surface area (Å²) >= 11 is 0. The summed E-state index contributed by atoms with van der Waals surface area (Å²) in [6, 6.07) is 15.4. The number of pyridine rings is 2. The first-order chi connectivity index (χ1) is 16.6. The Hall–Kier alpha value is -4.24. The number of nitrogens with zero attached hydrogens (tertiary/aromatic N) is 6. The predicted octanol–water partition coefficient (Wildman–Crippen LogP) is 4.04. The molecule has 0 aliphatic carbocycles. The molecule has 0 fully saturated rings. The van der Waals surface area contributed by atoms with Crippen molar-refractivity contribution in [1.29, 1.82) is 0 Å². The molecule has 9 nitrogen and oxygen atoms in total. The minimum absolute atomic E-state index is 0. The number of ether oxygens (including phenoxy) is 1. The average Bonchev–Trinajstić information content (AvgIpc) is 3.51. The van der Waals surface area contributed by atoms with E-state index in [0.29, 0.717) is 24.6 Å². The number of hydrogen-bond donors (Lipinski definition) is 1. The van der Waals surface area contributed by atoms with Crippen molar-refractivity contribution < 1.29 is 9.53 Å². The van der Waals surface area contributed by atoms with E-state index in [-0.39, 0.29) is 18.3 Å². The number of imidazole rings is 1. The van der Waals surface area contributed by atoms with E-state index in [4.69, 9.17) is 9.72 Å². The summed E-state index contributed by atoms with van der Waals surface area (Å²) in [6.45, 7) is 4.79. The molecule has 0 radical (unpaired) electrons. The number of carbonyl (C=O) groups excluding carboxylic acids is 1. The molecular formula is C25H24ClN7O2. The van der Waals surface area contributed by atoms with Crippen molar-refractivity contribution in [1.82, 2.24) is 34.4 Å². The first kappa shape index (κ1) is 23.9. The van der Waals surface area contributed by atoms with Crippen molar-refractivity contribution in [3.8, 4) is 22.7 Å². The van der Waals surface area contributed by atoms with Crippen molar-refractivity contribution in [2.24, 2.45) is 0 Å². The van der Waals surface area contributed by atoms with Gasteiger partial charge in [-0.1, -0.05) is 12.1 Å². The van der Waals surface area contributed by atoms with Gasteiger partial charge in [0.25, 0.3) is 5.91 Å². The molecule has 4 heterocycles. The second-order valence-electron chi connectivity index (χ2n) is 7.70. The number of aromatic nitrogens is 6. The van der Waals surface area contributed by atoms with Gasteiger partial charge in [0.15, 0.2) is 11.4 Å². The quantitative estimate of drug-likeness (QED) is 0.370. The van der Waals surface area contributed by atoms with Gasteiger partial charge in [-0.05, 0) is 55.8 Å². The van der Waals surface area contributed by atoms with Crippen LogP contribution in [-0.4, -0.2) is 41.6 Å². The zero-order valence-corrected chi connectivity index (χ0v) is 20.1. The van der Waals surface area contributed by atoms with Gasteiger partial charge in [0, 0.05) is 24.5 Å². The maximum Gasteiger partial charge on any atom is 0.269 e. The molecule has 178 valence electrons. The Kier molecular flexibility index (Phi) is 7.07. The number of nitrogens with one attached hydrogen (secondary N) is 1. The summed E-state index contributed by atoms with van der Waals surface area (Å²) in [6.07, 6.45) is 6.81. The molecule has 1 aromatic carbocycles. The number of hydrogen-bond acceptors (Lipinski definition) is 6. The van der Waals surface area contributed by atoms with Crippen LogP contribution < -0.4 is 10.1 Å². The number of benzene rings is 1. The van der Waals surface area contributed by atoms with Crippen molar-refractivity contribution in [2.75, 3.05) is 6.54 Å². The summed E-state index contributed by atoms with van der Waals surface area (Å²) in [5, 5.41) is 6.90. The second kappa shape index (κ2) is 10.4. The maximum atomic E-state index is 12.0. The van der Waals surface area contributed by atoms with E-state index >= 15 is 0 Å². The molecule has 0 saturated heterocycles. The number of aryl methyl sites for hydroxylation is 1. The fourth-order valence-electron chi connectivity index (χ4n) is 3.78. The molecule has 0 bridgehead atoms. The van der Waals surface area contributed by atoms with Gasteiger partial charge >= 0.3 is 0 Å². The van der Waals surface area contributed by atoms with Crippen LogP contribution >= 0.6 is 12.4 Å². The van der Waals surface area contributed by atoms with Crippen LogP contribution in [-0.2, 0) is 6.61 Å². The van der Waals surface area contributed by atoms with Gasteiger partial charge in [-0.15, -0.1) is 12.4 Å². The van der Waals surface area contributed by atoms with Crippen LogP contribution in [0.15, 0.2) is 73.6 Å². The highest BCUT2D eigenvalue weighted by Crippen LogP contribution is 2.29. The van der Waals surface area contributed by atoms with Crippen LogP contribution in [0.1, 0.15) is 28.7 Å². The highest BCUT2D eigenvalue weighted by molar-refractivity contribution is 5.92. The Bertz CT molecular complexity index is 1430. The third kappa shape index (κ3) is 4.85. The highest BCUT2D eigenvalue weighted by Gasteiger charge is 2.15. The second-order valence-corrected chi connectivity index (χ2v) is 7.70. The maximum absolute atomic E-state index is 12.0. The first-order valence-electron chi connectivity index (χ1n) is 10.9. The highest BCUT2D eigenvalue weighted by atomic mass is 35.5. The zero-order valence-electron chi connectivity index (χ0n) is 19.3. The lowest BCUT2D eigenvalue weighted by atomic mass is 10.1. The molecule has 0 spiro atoms. The van der Waals surface area contributed by atoms with Gasteiger partial charge in [-0.3, -0.25) is 14.2 Å². The molecule has 5 rings (SSSR count). The number of rotatable bonds is 7. The van der Waals surface area contributed by atoms with Gasteiger partial charge in [-0.2, -0.15) is 5.10 Å². The Morgan fingerprint density at radius 2 is 1.94 bits per heavy atom. The zero-order chi connectivity index (χ0) is 23.5. The molecule has 0 atom stereocenters. The Balaban J connectivity index is 0.00000289. The van der Waals surface area contributed by atoms with E-state index in [1.165, 1.54) is 6.33 Å². The fourth-order valence-corrected chi connectivity index (χ4v) is 3.78. The monoisotopic (exact) mass is 489 g/mol. The molecule has 4 aromatic heterocycles. The minimum Gasteiger partial charge on any atom is -0.485 e. The molecule has 5 aromatic rings. The largest absolute Gasteiger partial charge is 0.485 e. The summed E-state index contributed by atoms with van der Waals surface area (Å²) < 4.78 is 9.82. The van der Waals surface area contributed by atoms with E-state index < -0.39 is 0 Å². The van der Waals surface area contributed by atoms with Crippen LogP contribution in [0.5, 0.6) is 5.75 Å². The molecule has 0 saturated carbocycles. The number of carbonyl (C=O) groups is 1. The van der Waals surface area contributed by atoms with E-state index in [0.717, 1.165) is 33.8 Å². The first-order valence-corrected chi connectivity index (χ1v) is 10.9. The molecule has 0 aliphatic heterocycles. The third-order valence-corrected chi connectivity index (χ3v) is 5.41. The van der Waals surface area contributed by atoms with Gasteiger partial charge in [0.2, 0.25) is 0 Å². The Labute approximate surface area is 208 Å². The van der Waals surface area contributed by atoms with Gasteiger partial charge in [-0.25, -0.2) is 14.6 Å². The van der Waals surface area contributed by atoms with Gasteiger partial charge in [0.05, 0.1) is 17.1 Å². The average molecular weight is 490 g/mol. The SMILES string of the molecule is CCNC(=O)c1ccc(-c2c(C)nc3c(OCc4ccc(-n5cncn5)cc4)cccn23)cn1.Cl. The lowest BCUT2D eigenvalue weighted by Gasteiger charge is -2.09. The summed E-state index contributed by atoms with van der Waals surface area (Å²) in [4.78, 5) is 25.1.